The van der Waals surface area contributed by atoms with Crippen molar-refractivity contribution in [2.75, 3.05) is 6.54 Å². The molecule has 2 N–H and O–H groups in total. The molecule has 6 nitrogen and oxygen atoms in total. The van der Waals surface area contributed by atoms with E-state index in [2.05, 4.69) is 4.57 Å². The van der Waals surface area contributed by atoms with Gasteiger partial charge >= 0.3 is 0 Å². The Morgan fingerprint density at radius 1 is 1.32 bits per heavy atom. The van der Waals surface area contributed by atoms with Crippen LogP contribution in [-0.2, 0) is 7.05 Å². The lowest BCUT2D eigenvalue weighted by Gasteiger charge is -2.23. The van der Waals surface area contributed by atoms with Crippen molar-refractivity contribution in [2.24, 2.45) is 12.8 Å². The molecule has 1 fully saturated rings. The maximum absolute atomic E-state index is 12.9. The summed E-state index contributed by atoms with van der Waals surface area (Å²) in [4.78, 5) is 31.4. The van der Waals surface area contributed by atoms with Crippen molar-refractivity contribution in [3.63, 3.8) is 0 Å². The fourth-order valence-corrected chi connectivity index (χ4v) is 4.31. The van der Waals surface area contributed by atoms with E-state index in [0.717, 1.165) is 29.7 Å². The van der Waals surface area contributed by atoms with Gasteiger partial charge in [0.15, 0.2) is 0 Å². The highest BCUT2D eigenvalue weighted by Crippen LogP contribution is 2.34. The first-order chi connectivity index (χ1) is 12.1. The van der Waals surface area contributed by atoms with E-state index in [1.54, 1.807) is 11.4 Å². The van der Waals surface area contributed by atoms with Crippen molar-refractivity contribution in [1.82, 2.24) is 14.5 Å². The average Bonchev–Trinajstić information content (AvgIpc) is 3.33. The normalized spacial score (nSPS) is 17.3. The van der Waals surface area contributed by atoms with Crippen LogP contribution in [0.3, 0.4) is 0 Å². The number of primary amides is 1. The first-order valence-electron chi connectivity index (χ1n) is 8.17. The number of amides is 2. The van der Waals surface area contributed by atoms with E-state index in [-0.39, 0.29) is 11.9 Å². The topological polar surface area (TPSA) is 81.2 Å². The molecular formula is C18H18N4O2S. The summed E-state index contributed by atoms with van der Waals surface area (Å²) in [6.07, 6.45) is 1.82. The van der Waals surface area contributed by atoms with Gasteiger partial charge in [-0.15, -0.1) is 11.3 Å². The molecule has 1 unspecified atom stereocenters. The number of rotatable bonds is 3. The number of aryl methyl sites for hydroxylation is 1. The molecule has 2 amide bonds. The fourth-order valence-electron chi connectivity index (χ4n) is 3.46. The summed E-state index contributed by atoms with van der Waals surface area (Å²) in [7, 11) is 1.99. The summed E-state index contributed by atoms with van der Waals surface area (Å²) >= 11 is 1.26. The van der Waals surface area contributed by atoms with E-state index in [0.29, 0.717) is 17.0 Å². The Hall–Kier alpha value is -2.67. The molecule has 3 aromatic rings. The Balaban J connectivity index is 1.68. The van der Waals surface area contributed by atoms with Crippen molar-refractivity contribution in [3.05, 3.63) is 52.0 Å². The van der Waals surface area contributed by atoms with Gasteiger partial charge in [-0.25, -0.2) is 4.98 Å². The number of thiophene rings is 1. The van der Waals surface area contributed by atoms with E-state index in [1.165, 1.54) is 11.3 Å². The minimum atomic E-state index is -0.511. The Bertz CT molecular complexity index is 975. The number of imidazole rings is 1. The molecule has 0 saturated carbocycles. The maximum Gasteiger partial charge on any atom is 0.264 e. The van der Waals surface area contributed by atoms with Crippen molar-refractivity contribution in [2.45, 2.75) is 18.9 Å². The highest BCUT2D eigenvalue weighted by molar-refractivity contribution is 7.12. The molecule has 1 aromatic carbocycles. The first-order valence-corrected chi connectivity index (χ1v) is 9.05. The number of nitrogens with zero attached hydrogens (tertiary/aromatic N) is 3. The van der Waals surface area contributed by atoms with Gasteiger partial charge in [0, 0.05) is 19.0 Å². The third-order valence-corrected chi connectivity index (χ3v) is 5.65. The minimum Gasteiger partial charge on any atom is -0.366 e. The van der Waals surface area contributed by atoms with E-state index >= 15 is 0 Å². The molecule has 1 atom stereocenters. The SMILES string of the molecule is Cn1c(C2CCCN2C(=O)c2cc(C(N)=O)cs2)nc2ccccc21. The zero-order valence-corrected chi connectivity index (χ0v) is 14.6. The van der Waals surface area contributed by atoms with Gasteiger partial charge in [0.25, 0.3) is 5.91 Å². The Morgan fingerprint density at radius 3 is 2.84 bits per heavy atom. The van der Waals surface area contributed by atoms with Crippen LogP contribution in [0.1, 0.15) is 44.7 Å². The largest absolute Gasteiger partial charge is 0.366 e. The number of benzene rings is 1. The van der Waals surface area contributed by atoms with Crippen LogP contribution in [0.25, 0.3) is 11.0 Å². The van der Waals surface area contributed by atoms with Crippen LogP contribution in [0.15, 0.2) is 35.7 Å². The number of aromatic nitrogens is 2. The summed E-state index contributed by atoms with van der Waals surface area (Å²) in [6.45, 7) is 0.691. The second-order valence-corrected chi connectivity index (χ2v) is 7.15. The lowest BCUT2D eigenvalue weighted by Crippen LogP contribution is -2.31. The lowest BCUT2D eigenvalue weighted by atomic mass is 10.2. The van der Waals surface area contributed by atoms with Crippen LogP contribution in [0, 0.1) is 0 Å². The average molecular weight is 354 g/mol. The molecule has 128 valence electrons. The first kappa shape index (κ1) is 15.8. The standard InChI is InChI=1S/C18H18N4O2S/c1-21-13-6-3-2-5-12(13)20-17(21)14-7-4-8-22(14)18(24)15-9-11(10-25-15)16(19)23/h2-3,5-6,9-10,14H,4,7-8H2,1H3,(H2,19,23). The van der Waals surface area contributed by atoms with Gasteiger partial charge in [-0.05, 0) is 31.0 Å². The molecule has 25 heavy (non-hydrogen) atoms. The number of carbonyl (C=O) groups excluding carboxylic acids is 2. The fraction of sp³-hybridized carbons (Fsp3) is 0.278. The number of nitrogens with two attached hydrogens (primary N) is 1. The second-order valence-electron chi connectivity index (χ2n) is 6.24. The van der Waals surface area contributed by atoms with Crippen molar-refractivity contribution >= 4 is 34.2 Å². The maximum atomic E-state index is 12.9. The molecule has 0 bridgehead atoms. The van der Waals surface area contributed by atoms with Crippen molar-refractivity contribution in [1.29, 1.82) is 0 Å². The number of para-hydroxylation sites is 2. The summed E-state index contributed by atoms with van der Waals surface area (Å²) in [5, 5.41) is 1.63. The van der Waals surface area contributed by atoms with Crippen LogP contribution in [0.2, 0.25) is 0 Å². The molecule has 1 aliphatic rings. The van der Waals surface area contributed by atoms with Gasteiger partial charge in [0.1, 0.15) is 5.82 Å². The van der Waals surface area contributed by atoms with E-state index in [9.17, 15) is 9.59 Å². The highest BCUT2D eigenvalue weighted by atomic mass is 32.1. The molecule has 4 rings (SSSR count). The number of fused-ring (bicyclic) bond motifs is 1. The van der Waals surface area contributed by atoms with Gasteiger partial charge in [0.05, 0.1) is 27.5 Å². The molecule has 3 heterocycles. The van der Waals surface area contributed by atoms with E-state index < -0.39 is 5.91 Å². The lowest BCUT2D eigenvalue weighted by molar-refractivity contribution is 0.0733. The molecule has 0 aliphatic carbocycles. The van der Waals surface area contributed by atoms with Crippen LogP contribution in [-0.4, -0.2) is 32.8 Å². The highest BCUT2D eigenvalue weighted by Gasteiger charge is 2.34. The molecular weight excluding hydrogens is 336 g/mol. The van der Waals surface area contributed by atoms with Crippen molar-refractivity contribution < 1.29 is 9.59 Å². The molecule has 0 radical (unpaired) electrons. The van der Waals surface area contributed by atoms with Crippen LogP contribution in [0.4, 0.5) is 0 Å². The van der Waals surface area contributed by atoms with Crippen molar-refractivity contribution in [3.8, 4) is 0 Å². The quantitative estimate of drug-likeness (QED) is 0.785. The van der Waals surface area contributed by atoms with Crippen LogP contribution < -0.4 is 5.73 Å². The zero-order valence-electron chi connectivity index (χ0n) is 13.8. The summed E-state index contributed by atoms with van der Waals surface area (Å²) in [5.41, 5.74) is 7.67. The van der Waals surface area contributed by atoms with Crippen LogP contribution in [0.5, 0.6) is 0 Å². The molecule has 2 aromatic heterocycles. The van der Waals surface area contributed by atoms with Gasteiger partial charge in [0.2, 0.25) is 5.91 Å². The summed E-state index contributed by atoms with van der Waals surface area (Å²) in [6, 6.07) is 9.50. The monoisotopic (exact) mass is 354 g/mol. The van der Waals surface area contributed by atoms with Gasteiger partial charge in [-0.2, -0.15) is 0 Å². The number of hydrogen-bond acceptors (Lipinski definition) is 4. The molecule has 1 saturated heterocycles. The summed E-state index contributed by atoms with van der Waals surface area (Å²) in [5.74, 6) is 0.328. The van der Waals surface area contributed by atoms with Gasteiger partial charge in [-0.3, -0.25) is 9.59 Å². The minimum absolute atomic E-state index is 0.0518. The predicted octanol–water partition coefficient (Wildman–Crippen LogP) is 2.71. The predicted molar refractivity (Wildman–Crippen MR) is 96.6 cm³/mol. The zero-order chi connectivity index (χ0) is 17.6. The Labute approximate surface area is 148 Å². The second kappa shape index (κ2) is 6.00. The molecule has 1 aliphatic heterocycles. The van der Waals surface area contributed by atoms with Gasteiger partial charge in [-0.1, -0.05) is 12.1 Å². The Kier molecular flexibility index (Phi) is 3.80. The van der Waals surface area contributed by atoms with Gasteiger partial charge < -0.3 is 15.2 Å². The summed E-state index contributed by atoms with van der Waals surface area (Å²) < 4.78 is 2.06. The number of likely N-dealkylation sites (tertiary alicyclic amines) is 1. The third kappa shape index (κ3) is 2.60. The third-order valence-electron chi connectivity index (χ3n) is 4.73. The van der Waals surface area contributed by atoms with Crippen LogP contribution >= 0.6 is 11.3 Å². The number of carbonyl (C=O) groups is 2. The number of hydrogen-bond donors (Lipinski definition) is 1. The smallest absolute Gasteiger partial charge is 0.264 e. The van der Waals surface area contributed by atoms with E-state index in [4.69, 9.17) is 10.7 Å². The Morgan fingerprint density at radius 2 is 2.12 bits per heavy atom. The molecule has 0 spiro atoms. The molecule has 7 heteroatoms. The van der Waals surface area contributed by atoms with E-state index in [1.807, 2.05) is 36.2 Å².